The lowest BCUT2D eigenvalue weighted by Gasteiger charge is -1.95. The van der Waals surface area contributed by atoms with Crippen LogP contribution in [0.3, 0.4) is 0 Å². The summed E-state index contributed by atoms with van der Waals surface area (Å²) in [5.74, 6) is 0. The topological polar surface area (TPSA) is 87.1 Å². The van der Waals surface area contributed by atoms with Crippen molar-refractivity contribution in [3.05, 3.63) is 29.8 Å². The molecule has 1 aromatic rings. The summed E-state index contributed by atoms with van der Waals surface area (Å²) in [7, 11) is -4.02. The van der Waals surface area contributed by atoms with Gasteiger partial charge in [0, 0.05) is 0 Å². The average molecular weight is 260 g/mol. The van der Waals surface area contributed by atoms with E-state index in [-0.39, 0.29) is 17.1 Å². The Morgan fingerprint density at radius 3 is 2.06 bits per heavy atom. The van der Waals surface area contributed by atoms with Gasteiger partial charge in [0.2, 0.25) is 0 Å². The second kappa shape index (κ2) is 5.14. The molecule has 1 heterocycles. The van der Waals surface area contributed by atoms with Gasteiger partial charge in [-0.1, -0.05) is 17.7 Å². The van der Waals surface area contributed by atoms with Crippen LogP contribution in [0.4, 0.5) is 0 Å². The summed E-state index contributed by atoms with van der Waals surface area (Å²) in [6.45, 7) is 4.61. The first-order valence-corrected chi connectivity index (χ1v) is 6.50. The van der Waals surface area contributed by atoms with Crippen LogP contribution in [0.25, 0.3) is 0 Å². The number of benzene rings is 1. The van der Waals surface area contributed by atoms with E-state index in [0.29, 0.717) is 0 Å². The van der Waals surface area contributed by atoms with E-state index in [2.05, 4.69) is 0 Å². The van der Waals surface area contributed by atoms with Gasteiger partial charge in [-0.25, -0.2) is 0 Å². The maximum Gasteiger partial charge on any atom is 0.294 e. The molecule has 6 heteroatoms. The van der Waals surface area contributed by atoms with E-state index in [1.54, 1.807) is 12.1 Å². The molecule has 0 aromatic heterocycles. The summed E-state index contributed by atoms with van der Waals surface area (Å²) in [4.78, 5) is -0.0666. The Morgan fingerprint density at radius 1 is 1.35 bits per heavy atom. The summed E-state index contributed by atoms with van der Waals surface area (Å²) in [6.07, 6.45) is 0. The standard InChI is InChI=1S/C7H8O3S.C4H8O2/c1-6-2-4-7(5-3-6)11(8,9)10;1-4(2-5)3-6-4/h2-5H,1H3,(H,8,9,10);5H,2-3H2,1H3. The van der Waals surface area contributed by atoms with E-state index in [0.717, 1.165) is 12.2 Å². The molecular weight excluding hydrogens is 244 g/mol. The van der Waals surface area contributed by atoms with Crippen LogP contribution in [0.15, 0.2) is 29.2 Å². The van der Waals surface area contributed by atoms with Crippen molar-refractivity contribution < 1.29 is 22.8 Å². The molecule has 2 N–H and O–H groups in total. The predicted octanol–water partition coefficient (Wildman–Crippen LogP) is 1.01. The van der Waals surface area contributed by atoms with E-state index in [9.17, 15) is 8.42 Å². The molecule has 17 heavy (non-hydrogen) atoms. The Balaban J connectivity index is 0.000000202. The lowest BCUT2D eigenvalue weighted by atomic mass is 10.2. The molecule has 0 radical (unpaired) electrons. The second-order valence-corrected chi connectivity index (χ2v) is 5.61. The molecule has 1 aromatic carbocycles. The highest BCUT2D eigenvalue weighted by Gasteiger charge is 2.38. The van der Waals surface area contributed by atoms with Gasteiger partial charge in [0.25, 0.3) is 10.1 Å². The molecule has 0 saturated carbocycles. The van der Waals surface area contributed by atoms with Gasteiger partial charge in [-0.05, 0) is 26.0 Å². The van der Waals surface area contributed by atoms with Crippen LogP contribution in [0.2, 0.25) is 0 Å². The summed E-state index contributed by atoms with van der Waals surface area (Å²) in [5, 5.41) is 8.34. The van der Waals surface area contributed by atoms with Crippen LogP contribution in [0, 0.1) is 6.92 Å². The highest BCUT2D eigenvalue weighted by Crippen LogP contribution is 2.23. The minimum atomic E-state index is -4.02. The van der Waals surface area contributed by atoms with Gasteiger partial charge in [0.1, 0.15) is 5.60 Å². The number of hydrogen-bond donors (Lipinski definition) is 2. The number of rotatable bonds is 2. The Morgan fingerprint density at radius 2 is 1.82 bits per heavy atom. The van der Waals surface area contributed by atoms with Gasteiger partial charge < -0.3 is 9.84 Å². The summed E-state index contributed by atoms with van der Waals surface area (Å²) < 4.78 is 34.3. The Hall–Kier alpha value is -0.950. The largest absolute Gasteiger partial charge is 0.393 e. The minimum absolute atomic E-state index is 0.0666. The lowest BCUT2D eigenvalue weighted by molar-refractivity contribution is 0.185. The van der Waals surface area contributed by atoms with Gasteiger partial charge in [0.15, 0.2) is 0 Å². The zero-order valence-corrected chi connectivity index (χ0v) is 10.6. The van der Waals surface area contributed by atoms with Crippen molar-refractivity contribution in [3.63, 3.8) is 0 Å². The molecule has 1 aliphatic rings. The van der Waals surface area contributed by atoms with Crippen LogP contribution < -0.4 is 0 Å². The third kappa shape index (κ3) is 4.82. The molecular formula is C11H16O5S. The van der Waals surface area contributed by atoms with E-state index in [4.69, 9.17) is 14.4 Å². The molecule has 0 amide bonds. The van der Waals surface area contributed by atoms with E-state index < -0.39 is 10.1 Å². The third-order valence-corrected chi connectivity index (χ3v) is 3.16. The van der Waals surface area contributed by atoms with Crippen molar-refractivity contribution in [1.82, 2.24) is 0 Å². The maximum absolute atomic E-state index is 10.5. The molecule has 96 valence electrons. The number of aryl methyl sites for hydroxylation is 1. The summed E-state index contributed by atoms with van der Waals surface area (Å²) >= 11 is 0. The smallest absolute Gasteiger partial charge is 0.294 e. The molecule has 1 unspecified atom stereocenters. The zero-order chi connectivity index (χ0) is 13.1. The quantitative estimate of drug-likeness (QED) is 0.612. The van der Waals surface area contributed by atoms with E-state index >= 15 is 0 Å². The normalized spacial score (nSPS) is 22.6. The van der Waals surface area contributed by atoms with Crippen LogP contribution in [0.5, 0.6) is 0 Å². The van der Waals surface area contributed by atoms with Gasteiger partial charge >= 0.3 is 0 Å². The first kappa shape index (κ1) is 14.1. The minimum Gasteiger partial charge on any atom is -0.393 e. The third-order valence-electron chi connectivity index (χ3n) is 2.29. The van der Waals surface area contributed by atoms with Crippen molar-refractivity contribution in [1.29, 1.82) is 0 Å². The highest BCUT2D eigenvalue weighted by molar-refractivity contribution is 7.85. The van der Waals surface area contributed by atoms with Gasteiger partial charge in [-0.3, -0.25) is 4.55 Å². The Bertz CT molecular complexity index is 459. The summed E-state index contributed by atoms with van der Waals surface area (Å²) in [6, 6.07) is 5.99. The monoisotopic (exact) mass is 260 g/mol. The molecule has 1 atom stereocenters. The summed E-state index contributed by atoms with van der Waals surface area (Å²) in [5.41, 5.74) is 0.803. The van der Waals surface area contributed by atoms with Crippen molar-refractivity contribution in [2.45, 2.75) is 24.3 Å². The predicted molar refractivity (Wildman–Crippen MR) is 62.4 cm³/mol. The maximum atomic E-state index is 10.5. The van der Waals surface area contributed by atoms with Crippen LogP contribution in [-0.4, -0.2) is 36.9 Å². The Kier molecular flexibility index (Phi) is 4.26. The van der Waals surface area contributed by atoms with Crippen LogP contribution >= 0.6 is 0 Å². The molecule has 0 bridgehead atoms. The van der Waals surface area contributed by atoms with Crippen LogP contribution in [-0.2, 0) is 14.9 Å². The number of ether oxygens (including phenoxy) is 1. The lowest BCUT2D eigenvalue weighted by Crippen LogP contribution is -2.09. The van der Waals surface area contributed by atoms with E-state index in [1.807, 2.05) is 13.8 Å². The molecule has 1 aliphatic heterocycles. The van der Waals surface area contributed by atoms with E-state index in [1.165, 1.54) is 12.1 Å². The van der Waals surface area contributed by atoms with Crippen molar-refractivity contribution in [3.8, 4) is 0 Å². The van der Waals surface area contributed by atoms with Gasteiger partial charge in [-0.2, -0.15) is 8.42 Å². The average Bonchev–Trinajstić information content (AvgIpc) is 2.98. The second-order valence-electron chi connectivity index (χ2n) is 4.18. The number of aliphatic hydroxyl groups excluding tert-OH is 1. The molecule has 2 rings (SSSR count). The SMILES string of the molecule is CC1(CO)CO1.Cc1ccc(S(=O)(=O)O)cc1. The number of epoxide rings is 1. The molecule has 0 spiro atoms. The van der Waals surface area contributed by atoms with Gasteiger partial charge in [0.05, 0.1) is 18.1 Å². The van der Waals surface area contributed by atoms with Crippen molar-refractivity contribution in [2.75, 3.05) is 13.2 Å². The van der Waals surface area contributed by atoms with Crippen molar-refractivity contribution >= 4 is 10.1 Å². The Labute approximate surface area is 101 Å². The van der Waals surface area contributed by atoms with Crippen molar-refractivity contribution in [2.24, 2.45) is 0 Å². The number of aliphatic hydroxyl groups is 1. The molecule has 1 fully saturated rings. The van der Waals surface area contributed by atoms with Gasteiger partial charge in [-0.15, -0.1) is 0 Å². The fraction of sp³-hybridized carbons (Fsp3) is 0.455. The fourth-order valence-corrected chi connectivity index (χ4v) is 1.40. The zero-order valence-electron chi connectivity index (χ0n) is 9.75. The first-order chi connectivity index (χ1) is 7.77. The highest BCUT2D eigenvalue weighted by atomic mass is 32.2. The first-order valence-electron chi connectivity index (χ1n) is 5.06. The molecule has 5 nitrogen and oxygen atoms in total. The molecule has 0 aliphatic carbocycles. The van der Waals surface area contributed by atoms with Crippen LogP contribution in [0.1, 0.15) is 12.5 Å². The fourth-order valence-electron chi connectivity index (χ4n) is 0.925. The number of hydrogen-bond acceptors (Lipinski definition) is 4. The molecule has 1 saturated heterocycles.